The van der Waals surface area contributed by atoms with Crippen molar-refractivity contribution < 1.29 is 14.6 Å². The zero-order valence-corrected chi connectivity index (χ0v) is 12.4. The first kappa shape index (κ1) is 15.1. The maximum atomic E-state index is 9.67. The fraction of sp³-hybridized carbons (Fsp3) is 0.625. The van der Waals surface area contributed by atoms with Gasteiger partial charge >= 0.3 is 0 Å². The minimum Gasteiger partial charge on any atom is -0.493 e. The number of ether oxygens (including phenoxy) is 2. The molecule has 0 spiro atoms. The second-order valence-electron chi connectivity index (χ2n) is 5.35. The minimum atomic E-state index is -0.0436. The molecule has 4 nitrogen and oxygen atoms in total. The highest BCUT2D eigenvalue weighted by atomic mass is 16.5. The van der Waals surface area contributed by atoms with Gasteiger partial charge in [0.15, 0.2) is 11.5 Å². The highest BCUT2D eigenvalue weighted by molar-refractivity contribution is 5.43. The van der Waals surface area contributed by atoms with Crippen molar-refractivity contribution in [3.63, 3.8) is 0 Å². The van der Waals surface area contributed by atoms with E-state index in [1.54, 1.807) is 14.2 Å². The molecular formula is C16H25NO3. The molecule has 0 heterocycles. The molecule has 1 atom stereocenters. The molecule has 0 radical (unpaired) electrons. The van der Waals surface area contributed by atoms with Crippen molar-refractivity contribution in [3.8, 4) is 11.5 Å². The van der Waals surface area contributed by atoms with Gasteiger partial charge in [0.1, 0.15) is 0 Å². The predicted octanol–water partition coefficient (Wildman–Crippen LogP) is 2.66. The van der Waals surface area contributed by atoms with E-state index >= 15 is 0 Å². The second kappa shape index (κ2) is 7.50. The largest absolute Gasteiger partial charge is 0.493 e. The first-order valence-corrected chi connectivity index (χ1v) is 7.37. The van der Waals surface area contributed by atoms with Gasteiger partial charge in [-0.25, -0.2) is 0 Å². The van der Waals surface area contributed by atoms with Crippen molar-refractivity contribution in [1.29, 1.82) is 0 Å². The van der Waals surface area contributed by atoms with E-state index in [9.17, 15) is 5.11 Å². The molecule has 0 aliphatic heterocycles. The third-order valence-corrected chi connectivity index (χ3v) is 4.03. The van der Waals surface area contributed by atoms with E-state index in [0.717, 1.165) is 5.56 Å². The maximum Gasteiger partial charge on any atom is 0.161 e. The summed E-state index contributed by atoms with van der Waals surface area (Å²) in [6.07, 6.45) is 6.29. The number of hydrogen-bond donors (Lipinski definition) is 2. The Morgan fingerprint density at radius 2 is 1.85 bits per heavy atom. The molecule has 1 saturated carbocycles. The third-order valence-electron chi connectivity index (χ3n) is 4.03. The van der Waals surface area contributed by atoms with Crippen LogP contribution in [-0.2, 0) is 0 Å². The van der Waals surface area contributed by atoms with Crippen molar-refractivity contribution >= 4 is 0 Å². The lowest BCUT2D eigenvalue weighted by Gasteiger charge is -2.28. The average molecular weight is 279 g/mol. The first-order chi connectivity index (χ1) is 9.78. The molecule has 1 aromatic carbocycles. The van der Waals surface area contributed by atoms with E-state index in [0.29, 0.717) is 17.5 Å². The van der Waals surface area contributed by atoms with E-state index in [2.05, 4.69) is 5.32 Å². The zero-order chi connectivity index (χ0) is 14.4. The molecule has 4 heteroatoms. The van der Waals surface area contributed by atoms with Crippen LogP contribution in [0.15, 0.2) is 18.2 Å². The fourth-order valence-corrected chi connectivity index (χ4v) is 2.88. The van der Waals surface area contributed by atoms with Crippen molar-refractivity contribution in [1.82, 2.24) is 5.32 Å². The van der Waals surface area contributed by atoms with Crippen molar-refractivity contribution in [2.45, 2.75) is 44.2 Å². The molecule has 1 aliphatic rings. The summed E-state index contributed by atoms with van der Waals surface area (Å²) in [7, 11) is 3.26. The van der Waals surface area contributed by atoms with E-state index in [-0.39, 0.29) is 12.6 Å². The highest BCUT2D eigenvalue weighted by Gasteiger charge is 2.19. The van der Waals surface area contributed by atoms with Gasteiger partial charge in [-0.3, -0.25) is 0 Å². The van der Waals surface area contributed by atoms with Crippen LogP contribution in [0.5, 0.6) is 11.5 Å². The van der Waals surface area contributed by atoms with Crippen LogP contribution in [0.25, 0.3) is 0 Å². The van der Waals surface area contributed by atoms with Gasteiger partial charge < -0.3 is 19.9 Å². The van der Waals surface area contributed by atoms with Crippen LogP contribution in [0.1, 0.15) is 43.7 Å². The summed E-state index contributed by atoms with van der Waals surface area (Å²) < 4.78 is 10.6. The number of benzene rings is 1. The standard InChI is InChI=1S/C16H25NO3/c1-19-15-9-8-12(10-16(15)20-2)14(11-18)17-13-6-4-3-5-7-13/h8-10,13-14,17-18H,3-7,11H2,1-2H3. The molecule has 0 aromatic heterocycles. The van der Waals surface area contributed by atoms with Crippen LogP contribution >= 0.6 is 0 Å². The quantitative estimate of drug-likeness (QED) is 0.840. The molecule has 1 fully saturated rings. The van der Waals surface area contributed by atoms with Crippen molar-refractivity contribution in [2.24, 2.45) is 0 Å². The average Bonchev–Trinajstić information content (AvgIpc) is 2.53. The van der Waals surface area contributed by atoms with Gasteiger partial charge in [0, 0.05) is 6.04 Å². The Labute approximate surface area is 121 Å². The summed E-state index contributed by atoms with van der Waals surface area (Å²) in [5.41, 5.74) is 1.04. The highest BCUT2D eigenvalue weighted by Crippen LogP contribution is 2.30. The van der Waals surface area contributed by atoms with Crippen LogP contribution in [0.2, 0.25) is 0 Å². The lowest BCUT2D eigenvalue weighted by molar-refractivity contribution is 0.220. The number of aliphatic hydroxyl groups is 1. The van der Waals surface area contributed by atoms with Gasteiger partial charge in [-0.1, -0.05) is 25.3 Å². The number of hydrogen-bond acceptors (Lipinski definition) is 4. The fourth-order valence-electron chi connectivity index (χ4n) is 2.88. The maximum absolute atomic E-state index is 9.67. The lowest BCUT2D eigenvalue weighted by atomic mass is 9.94. The molecule has 2 N–H and O–H groups in total. The van der Waals surface area contributed by atoms with Crippen molar-refractivity contribution in [3.05, 3.63) is 23.8 Å². The van der Waals surface area contributed by atoms with E-state index in [4.69, 9.17) is 9.47 Å². The molecule has 1 aliphatic carbocycles. The third kappa shape index (κ3) is 3.64. The molecule has 0 bridgehead atoms. The molecule has 1 unspecified atom stereocenters. The predicted molar refractivity (Wildman–Crippen MR) is 79.4 cm³/mol. The molecule has 20 heavy (non-hydrogen) atoms. The van der Waals surface area contributed by atoms with Crippen LogP contribution in [-0.4, -0.2) is 32.0 Å². The van der Waals surface area contributed by atoms with Gasteiger partial charge in [-0.05, 0) is 30.5 Å². The second-order valence-corrected chi connectivity index (χ2v) is 5.35. The van der Waals surface area contributed by atoms with Crippen LogP contribution in [0.3, 0.4) is 0 Å². The molecule has 2 rings (SSSR count). The van der Waals surface area contributed by atoms with Crippen LogP contribution in [0.4, 0.5) is 0 Å². The molecule has 0 saturated heterocycles. The van der Waals surface area contributed by atoms with Gasteiger partial charge in [0.2, 0.25) is 0 Å². The van der Waals surface area contributed by atoms with Gasteiger partial charge in [0.25, 0.3) is 0 Å². The summed E-state index contributed by atoms with van der Waals surface area (Å²) in [4.78, 5) is 0. The van der Waals surface area contributed by atoms with Crippen molar-refractivity contribution in [2.75, 3.05) is 20.8 Å². The molecule has 112 valence electrons. The van der Waals surface area contributed by atoms with E-state index in [1.807, 2.05) is 18.2 Å². The monoisotopic (exact) mass is 279 g/mol. The Morgan fingerprint density at radius 1 is 1.15 bits per heavy atom. The summed E-state index contributed by atoms with van der Waals surface area (Å²) in [6.45, 7) is 0.0893. The summed E-state index contributed by atoms with van der Waals surface area (Å²) in [5.74, 6) is 1.42. The molecule has 1 aromatic rings. The Bertz CT molecular complexity index is 416. The summed E-state index contributed by atoms with van der Waals surface area (Å²) >= 11 is 0. The Balaban J connectivity index is 2.09. The smallest absolute Gasteiger partial charge is 0.161 e. The normalized spacial score (nSPS) is 17.8. The van der Waals surface area contributed by atoms with Gasteiger partial charge in [-0.2, -0.15) is 0 Å². The molecular weight excluding hydrogens is 254 g/mol. The summed E-state index contributed by atoms with van der Waals surface area (Å²) in [6, 6.07) is 6.28. The SMILES string of the molecule is COc1ccc(C(CO)NC2CCCCC2)cc1OC. The van der Waals surface area contributed by atoms with E-state index < -0.39 is 0 Å². The van der Waals surface area contributed by atoms with Crippen LogP contribution in [0, 0.1) is 0 Å². The number of methoxy groups -OCH3 is 2. The lowest BCUT2D eigenvalue weighted by Crippen LogP contribution is -2.36. The first-order valence-electron chi connectivity index (χ1n) is 7.37. The van der Waals surface area contributed by atoms with Crippen LogP contribution < -0.4 is 14.8 Å². The number of nitrogens with one attached hydrogen (secondary N) is 1. The number of rotatable bonds is 6. The Kier molecular flexibility index (Phi) is 5.68. The Morgan fingerprint density at radius 3 is 2.45 bits per heavy atom. The minimum absolute atomic E-state index is 0.0436. The van der Waals surface area contributed by atoms with Gasteiger partial charge in [0.05, 0.1) is 26.9 Å². The van der Waals surface area contributed by atoms with Gasteiger partial charge in [-0.15, -0.1) is 0 Å². The summed E-state index contributed by atoms with van der Waals surface area (Å²) in [5, 5.41) is 13.2. The van der Waals surface area contributed by atoms with E-state index in [1.165, 1.54) is 32.1 Å². The number of aliphatic hydroxyl groups excluding tert-OH is 1. The Hall–Kier alpha value is -1.26. The molecule has 0 amide bonds. The topological polar surface area (TPSA) is 50.7 Å². The zero-order valence-electron chi connectivity index (χ0n) is 12.4.